The Kier molecular flexibility index (Phi) is 7.67. The van der Waals surface area contributed by atoms with Gasteiger partial charge in [-0.05, 0) is 29.8 Å². The molecular formula is C26H27FN4O4. The summed E-state index contributed by atoms with van der Waals surface area (Å²) in [5.74, 6) is -0.320. The Balaban J connectivity index is 1.51. The molecule has 3 aromatic rings. The molecule has 0 aliphatic carbocycles. The number of nitrogens with zero attached hydrogens (tertiary/aromatic N) is 4. The second kappa shape index (κ2) is 11.1. The van der Waals surface area contributed by atoms with E-state index in [1.54, 1.807) is 16.8 Å². The Bertz CT molecular complexity index is 1130. The minimum absolute atomic E-state index is 0.00655. The highest BCUT2D eigenvalue weighted by molar-refractivity contribution is 5.93. The van der Waals surface area contributed by atoms with Crippen molar-refractivity contribution in [1.82, 2.24) is 19.8 Å². The lowest BCUT2D eigenvalue weighted by molar-refractivity contribution is -0.152. The molecule has 1 aliphatic rings. The van der Waals surface area contributed by atoms with Gasteiger partial charge in [0, 0.05) is 32.5 Å². The van der Waals surface area contributed by atoms with Crippen molar-refractivity contribution in [2.45, 2.75) is 18.6 Å². The van der Waals surface area contributed by atoms with Crippen LogP contribution in [0.2, 0.25) is 0 Å². The van der Waals surface area contributed by atoms with E-state index in [2.05, 4.69) is 9.97 Å². The van der Waals surface area contributed by atoms with Gasteiger partial charge < -0.3 is 19.3 Å². The van der Waals surface area contributed by atoms with Gasteiger partial charge in [-0.3, -0.25) is 9.59 Å². The average Bonchev–Trinajstić information content (AvgIpc) is 2.89. The smallest absolute Gasteiger partial charge is 0.257 e. The quantitative estimate of drug-likeness (QED) is 0.495. The molecule has 1 aliphatic heterocycles. The Morgan fingerprint density at radius 2 is 1.83 bits per heavy atom. The van der Waals surface area contributed by atoms with Gasteiger partial charge in [-0.2, -0.15) is 0 Å². The lowest BCUT2D eigenvalue weighted by Gasteiger charge is -2.42. The fourth-order valence-corrected chi connectivity index (χ4v) is 3.96. The topological polar surface area (TPSA) is 84.9 Å². The van der Waals surface area contributed by atoms with Gasteiger partial charge in [0.15, 0.2) is 0 Å². The predicted octanol–water partition coefficient (Wildman–Crippen LogP) is 2.95. The first-order valence-corrected chi connectivity index (χ1v) is 11.3. The monoisotopic (exact) mass is 478 g/mol. The fraction of sp³-hybridized carbons (Fsp3) is 0.308. The van der Waals surface area contributed by atoms with Crippen LogP contribution in [0.25, 0.3) is 0 Å². The summed E-state index contributed by atoms with van der Waals surface area (Å²) >= 11 is 0. The summed E-state index contributed by atoms with van der Waals surface area (Å²) in [6, 6.07) is 15.3. The summed E-state index contributed by atoms with van der Waals surface area (Å²) in [5, 5.41) is 0. The number of halogens is 1. The van der Waals surface area contributed by atoms with Crippen LogP contribution in [0.5, 0.6) is 5.75 Å². The van der Waals surface area contributed by atoms with E-state index in [-0.39, 0.29) is 43.8 Å². The number of hydrogen-bond acceptors (Lipinski definition) is 6. The fourth-order valence-electron chi connectivity index (χ4n) is 3.96. The van der Waals surface area contributed by atoms with Crippen molar-refractivity contribution in [3.63, 3.8) is 0 Å². The Morgan fingerprint density at radius 1 is 1.11 bits per heavy atom. The molecule has 0 spiro atoms. The van der Waals surface area contributed by atoms with Crippen LogP contribution in [-0.2, 0) is 16.1 Å². The molecule has 8 nitrogen and oxygen atoms in total. The minimum Gasteiger partial charge on any atom is -0.490 e. The molecule has 9 heteroatoms. The normalized spacial score (nSPS) is 17.6. The third kappa shape index (κ3) is 6.39. The summed E-state index contributed by atoms with van der Waals surface area (Å²) < 4.78 is 25.4. The van der Waals surface area contributed by atoms with Crippen molar-refractivity contribution in [2.24, 2.45) is 0 Å². The van der Waals surface area contributed by atoms with Crippen LogP contribution >= 0.6 is 0 Å². The lowest BCUT2D eigenvalue weighted by atomic mass is 9.96. The van der Waals surface area contributed by atoms with Crippen molar-refractivity contribution in [3.8, 4) is 5.75 Å². The van der Waals surface area contributed by atoms with Gasteiger partial charge in [0.05, 0.1) is 25.1 Å². The first kappa shape index (κ1) is 24.3. The SMILES string of the molecule is CN(Cc1ccccc1)C(=O)C[C@@]1(COc2ccc(F)cc2)CN(C(=O)c2cncnc2)CCO1. The molecule has 0 N–H and O–H groups in total. The molecule has 2 amide bonds. The largest absolute Gasteiger partial charge is 0.490 e. The molecule has 0 radical (unpaired) electrons. The van der Waals surface area contributed by atoms with Crippen molar-refractivity contribution in [2.75, 3.05) is 33.4 Å². The molecule has 1 atom stereocenters. The molecule has 35 heavy (non-hydrogen) atoms. The number of rotatable bonds is 8. The maximum atomic E-state index is 13.3. The summed E-state index contributed by atoms with van der Waals surface area (Å²) in [6.45, 7) is 1.20. The molecule has 1 aromatic heterocycles. The Labute approximate surface area is 203 Å². The maximum Gasteiger partial charge on any atom is 0.257 e. The molecule has 0 unspecified atom stereocenters. The number of ether oxygens (including phenoxy) is 2. The van der Waals surface area contributed by atoms with Gasteiger partial charge in [-0.1, -0.05) is 30.3 Å². The molecule has 1 fully saturated rings. The van der Waals surface area contributed by atoms with Gasteiger partial charge in [0.25, 0.3) is 5.91 Å². The van der Waals surface area contributed by atoms with Gasteiger partial charge in [-0.25, -0.2) is 14.4 Å². The standard InChI is InChI=1S/C26H27FN4O4/c1-30(16-20-5-3-2-4-6-20)24(32)13-26(18-34-23-9-7-22(27)8-10-23)17-31(11-12-35-26)25(33)21-14-28-19-29-15-21/h2-10,14-15,19H,11-13,16-18H2,1H3/t26-/m0/s1. The number of morpholine rings is 1. The molecule has 2 aromatic carbocycles. The number of aromatic nitrogens is 2. The third-order valence-electron chi connectivity index (χ3n) is 5.82. The maximum absolute atomic E-state index is 13.3. The van der Waals surface area contributed by atoms with Crippen LogP contribution in [-0.4, -0.2) is 70.5 Å². The Hall–Kier alpha value is -3.85. The molecule has 0 bridgehead atoms. The summed E-state index contributed by atoms with van der Waals surface area (Å²) in [7, 11) is 1.73. The van der Waals surface area contributed by atoms with E-state index in [1.165, 1.54) is 43.0 Å². The summed E-state index contributed by atoms with van der Waals surface area (Å²) in [4.78, 5) is 37.4. The number of amides is 2. The number of benzene rings is 2. The van der Waals surface area contributed by atoms with Gasteiger partial charge in [0.2, 0.25) is 5.91 Å². The van der Waals surface area contributed by atoms with Crippen LogP contribution in [0.1, 0.15) is 22.3 Å². The van der Waals surface area contributed by atoms with E-state index in [0.717, 1.165) is 5.56 Å². The third-order valence-corrected chi connectivity index (χ3v) is 5.82. The van der Waals surface area contributed by atoms with Crippen LogP contribution in [0.3, 0.4) is 0 Å². The highest BCUT2D eigenvalue weighted by atomic mass is 19.1. The van der Waals surface area contributed by atoms with E-state index in [0.29, 0.717) is 24.4 Å². The van der Waals surface area contributed by atoms with Crippen LogP contribution < -0.4 is 4.74 Å². The molecule has 1 saturated heterocycles. The van der Waals surface area contributed by atoms with Crippen molar-refractivity contribution in [3.05, 3.63) is 90.3 Å². The Morgan fingerprint density at radius 3 is 2.54 bits per heavy atom. The summed E-state index contributed by atoms with van der Waals surface area (Å²) in [5.41, 5.74) is 0.278. The van der Waals surface area contributed by atoms with Crippen LogP contribution in [0.15, 0.2) is 73.3 Å². The zero-order valence-electron chi connectivity index (χ0n) is 19.5. The number of carbonyl (C=O) groups is 2. The van der Waals surface area contributed by atoms with Crippen molar-refractivity contribution >= 4 is 11.8 Å². The van der Waals surface area contributed by atoms with E-state index in [9.17, 15) is 14.0 Å². The summed E-state index contributed by atoms with van der Waals surface area (Å²) in [6.07, 6.45) is 4.28. The highest BCUT2D eigenvalue weighted by Gasteiger charge is 2.42. The first-order chi connectivity index (χ1) is 16.9. The number of carbonyl (C=O) groups excluding carboxylic acids is 2. The van der Waals surface area contributed by atoms with Gasteiger partial charge in [-0.15, -0.1) is 0 Å². The lowest BCUT2D eigenvalue weighted by Crippen LogP contribution is -2.58. The first-order valence-electron chi connectivity index (χ1n) is 11.3. The van der Waals surface area contributed by atoms with E-state index in [1.807, 2.05) is 30.3 Å². The zero-order valence-corrected chi connectivity index (χ0v) is 19.5. The van der Waals surface area contributed by atoms with E-state index >= 15 is 0 Å². The predicted molar refractivity (Wildman–Crippen MR) is 126 cm³/mol. The van der Waals surface area contributed by atoms with Gasteiger partial charge >= 0.3 is 0 Å². The van der Waals surface area contributed by atoms with E-state index < -0.39 is 5.60 Å². The van der Waals surface area contributed by atoms with Crippen molar-refractivity contribution in [1.29, 1.82) is 0 Å². The molecule has 0 saturated carbocycles. The van der Waals surface area contributed by atoms with Crippen LogP contribution in [0, 0.1) is 5.82 Å². The zero-order chi connectivity index (χ0) is 24.7. The number of hydrogen-bond donors (Lipinski definition) is 0. The molecule has 182 valence electrons. The van der Waals surface area contributed by atoms with Crippen molar-refractivity contribution < 1.29 is 23.5 Å². The van der Waals surface area contributed by atoms with Gasteiger partial charge in [0.1, 0.15) is 30.1 Å². The van der Waals surface area contributed by atoms with Crippen LogP contribution in [0.4, 0.5) is 4.39 Å². The molecule has 2 heterocycles. The van der Waals surface area contributed by atoms with E-state index in [4.69, 9.17) is 9.47 Å². The molecule has 4 rings (SSSR count). The second-order valence-electron chi connectivity index (χ2n) is 8.54. The second-order valence-corrected chi connectivity index (χ2v) is 8.54. The molecular weight excluding hydrogens is 451 g/mol. The highest BCUT2D eigenvalue weighted by Crippen LogP contribution is 2.26. The minimum atomic E-state index is -1.08. The average molecular weight is 479 g/mol.